The molecule has 1 atom stereocenters. The van der Waals surface area contributed by atoms with Crippen LogP contribution < -0.4 is 11.3 Å². The first-order valence-corrected chi connectivity index (χ1v) is 6.07. The Morgan fingerprint density at radius 2 is 2.18 bits per heavy atom. The lowest BCUT2D eigenvalue weighted by atomic mass is 9.90. The smallest absolute Gasteiger partial charge is 0.240 e. The Balaban J connectivity index is 2.65. The first-order valence-electron chi connectivity index (χ1n) is 6.07. The van der Waals surface area contributed by atoms with Crippen molar-refractivity contribution in [2.75, 3.05) is 19.6 Å². The summed E-state index contributed by atoms with van der Waals surface area (Å²) in [5, 5.41) is 0. The summed E-state index contributed by atoms with van der Waals surface area (Å²) in [7, 11) is 0. The summed E-state index contributed by atoms with van der Waals surface area (Å²) in [6.07, 6.45) is 0.190. The normalized spacial score (nSPS) is 25.6. The van der Waals surface area contributed by atoms with Crippen molar-refractivity contribution in [3.05, 3.63) is 0 Å². The molecule has 1 fully saturated rings. The number of carbonyl (C=O) groups excluding carboxylic acids is 1. The molecule has 1 unspecified atom stereocenters. The van der Waals surface area contributed by atoms with Gasteiger partial charge in [0.25, 0.3) is 0 Å². The molecule has 1 saturated heterocycles. The van der Waals surface area contributed by atoms with Gasteiger partial charge in [-0.1, -0.05) is 0 Å². The van der Waals surface area contributed by atoms with Gasteiger partial charge >= 0.3 is 0 Å². The predicted molar refractivity (Wildman–Crippen MR) is 67.2 cm³/mol. The maximum absolute atomic E-state index is 11.7. The van der Waals surface area contributed by atoms with Gasteiger partial charge in [-0.2, -0.15) is 0 Å². The van der Waals surface area contributed by atoms with Gasteiger partial charge < -0.3 is 4.74 Å². The molecule has 1 heterocycles. The van der Waals surface area contributed by atoms with Gasteiger partial charge in [0.05, 0.1) is 17.1 Å². The molecule has 0 aromatic carbocycles. The number of ether oxygens (including phenoxy) is 1. The average Bonchev–Trinajstić information content (AvgIpc) is 2.11. The van der Waals surface area contributed by atoms with E-state index in [1.165, 1.54) is 0 Å². The summed E-state index contributed by atoms with van der Waals surface area (Å²) in [5.41, 5.74) is 1.59. The number of hydrazine groups is 1. The maximum Gasteiger partial charge on any atom is 0.240 e. The Morgan fingerprint density at radius 1 is 1.59 bits per heavy atom. The number of hydrogen-bond acceptors (Lipinski definition) is 4. The van der Waals surface area contributed by atoms with Gasteiger partial charge in [-0.15, -0.1) is 0 Å². The fourth-order valence-electron chi connectivity index (χ4n) is 2.53. The quantitative estimate of drug-likeness (QED) is 0.430. The van der Waals surface area contributed by atoms with Gasteiger partial charge in [-0.05, 0) is 34.6 Å². The van der Waals surface area contributed by atoms with Gasteiger partial charge in [0.1, 0.15) is 0 Å². The van der Waals surface area contributed by atoms with Crippen molar-refractivity contribution in [1.82, 2.24) is 10.3 Å². The second-order valence-corrected chi connectivity index (χ2v) is 6.22. The van der Waals surface area contributed by atoms with E-state index in [1.807, 2.05) is 13.8 Å². The lowest BCUT2D eigenvalue weighted by Gasteiger charge is -2.44. The molecule has 1 rings (SSSR count). The summed E-state index contributed by atoms with van der Waals surface area (Å²) < 4.78 is 5.84. The second-order valence-electron chi connectivity index (χ2n) is 6.22. The molecule has 17 heavy (non-hydrogen) atoms. The van der Waals surface area contributed by atoms with E-state index in [4.69, 9.17) is 10.6 Å². The SMILES string of the molecule is CC1CN(CC(C)(C)C(=O)NN)CC(C)(C)O1. The predicted octanol–water partition coefficient (Wildman–Crippen LogP) is 0.502. The maximum atomic E-state index is 11.7. The minimum atomic E-state index is -0.484. The molecule has 3 N–H and O–H groups in total. The Labute approximate surface area is 104 Å². The fourth-order valence-corrected chi connectivity index (χ4v) is 2.53. The van der Waals surface area contributed by atoms with Crippen molar-refractivity contribution in [1.29, 1.82) is 0 Å². The number of hydrogen-bond donors (Lipinski definition) is 2. The zero-order valence-electron chi connectivity index (χ0n) is 11.5. The minimum absolute atomic E-state index is 0.130. The van der Waals surface area contributed by atoms with Crippen molar-refractivity contribution in [3.8, 4) is 0 Å². The molecule has 5 nitrogen and oxygen atoms in total. The lowest BCUT2D eigenvalue weighted by molar-refractivity contribution is -0.143. The van der Waals surface area contributed by atoms with Crippen LogP contribution in [0.1, 0.15) is 34.6 Å². The Hall–Kier alpha value is -0.650. The third kappa shape index (κ3) is 3.94. The van der Waals surface area contributed by atoms with Gasteiger partial charge in [0.2, 0.25) is 5.91 Å². The molecular formula is C12H25N3O2. The Kier molecular flexibility index (Phi) is 4.17. The molecule has 100 valence electrons. The van der Waals surface area contributed by atoms with E-state index < -0.39 is 5.41 Å². The number of nitrogens with two attached hydrogens (primary N) is 1. The third-order valence-electron chi connectivity index (χ3n) is 3.00. The second kappa shape index (κ2) is 4.92. The monoisotopic (exact) mass is 243 g/mol. The van der Waals surface area contributed by atoms with Crippen LogP contribution in [0.4, 0.5) is 0 Å². The zero-order valence-corrected chi connectivity index (χ0v) is 11.5. The van der Waals surface area contributed by atoms with Crippen LogP contribution in [0.3, 0.4) is 0 Å². The van der Waals surface area contributed by atoms with Crippen molar-refractivity contribution < 1.29 is 9.53 Å². The molecule has 0 radical (unpaired) electrons. The van der Waals surface area contributed by atoms with Gasteiger partial charge in [-0.25, -0.2) is 5.84 Å². The number of nitrogens with zero attached hydrogens (tertiary/aromatic N) is 1. The fraction of sp³-hybridized carbons (Fsp3) is 0.917. The molecule has 1 aliphatic heterocycles. The molecule has 0 aromatic heterocycles. The molecule has 0 aliphatic carbocycles. The van der Waals surface area contributed by atoms with Crippen LogP contribution in [-0.2, 0) is 9.53 Å². The lowest BCUT2D eigenvalue weighted by Crippen LogP contribution is -2.56. The van der Waals surface area contributed by atoms with Crippen molar-refractivity contribution in [3.63, 3.8) is 0 Å². The average molecular weight is 243 g/mol. The highest BCUT2D eigenvalue weighted by molar-refractivity contribution is 5.81. The standard InChI is InChI=1S/C12H25N3O2/c1-9-6-15(8-12(4,5)17-9)7-11(2,3)10(16)14-13/h9H,6-8,13H2,1-5H3,(H,14,16). The molecule has 1 aliphatic rings. The summed E-state index contributed by atoms with van der Waals surface area (Å²) in [6, 6.07) is 0. The first kappa shape index (κ1) is 14.4. The van der Waals surface area contributed by atoms with E-state index in [-0.39, 0.29) is 17.6 Å². The molecular weight excluding hydrogens is 218 g/mol. The highest BCUT2D eigenvalue weighted by Crippen LogP contribution is 2.25. The number of rotatable bonds is 3. The van der Waals surface area contributed by atoms with E-state index in [2.05, 4.69) is 31.1 Å². The number of nitrogens with one attached hydrogen (secondary N) is 1. The highest BCUT2D eigenvalue weighted by atomic mass is 16.5. The topological polar surface area (TPSA) is 67.6 Å². The van der Waals surface area contributed by atoms with Crippen LogP contribution >= 0.6 is 0 Å². The number of morpholine rings is 1. The summed E-state index contributed by atoms with van der Waals surface area (Å²) in [5.74, 6) is 5.07. The molecule has 5 heteroatoms. The third-order valence-corrected chi connectivity index (χ3v) is 3.00. The van der Waals surface area contributed by atoms with Crippen LogP contribution in [-0.4, -0.2) is 42.1 Å². The first-order chi connectivity index (χ1) is 7.66. The molecule has 0 spiro atoms. The van der Waals surface area contributed by atoms with Crippen LogP contribution in [0.15, 0.2) is 0 Å². The van der Waals surface area contributed by atoms with Crippen LogP contribution in [0, 0.1) is 5.41 Å². The minimum Gasteiger partial charge on any atom is -0.370 e. The number of amides is 1. The van der Waals surface area contributed by atoms with E-state index in [9.17, 15) is 4.79 Å². The van der Waals surface area contributed by atoms with Crippen molar-refractivity contribution >= 4 is 5.91 Å². The van der Waals surface area contributed by atoms with Gasteiger partial charge in [0, 0.05) is 19.6 Å². The highest BCUT2D eigenvalue weighted by Gasteiger charge is 2.36. The molecule has 0 aromatic rings. The number of carbonyl (C=O) groups is 1. The largest absolute Gasteiger partial charge is 0.370 e. The van der Waals surface area contributed by atoms with Crippen LogP contribution in [0.2, 0.25) is 0 Å². The Bertz CT molecular complexity index is 289. The summed E-state index contributed by atoms with van der Waals surface area (Å²) in [6.45, 7) is 12.4. The summed E-state index contributed by atoms with van der Waals surface area (Å²) in [4.78, 5) is 13.9. The Morgan fingerprint density at radius 3 is 2.65 bits per heavy atom. The van der Waals surface area contributed by atoms with E-state index in [1.54, 1.807) is 0 Å². The van der Waals surface area contributed by atoms with Crippen LogP contribution in [0.25, 0.3) is 0 Å². The molecule has 0 saturated carbocycles. The summed E-state index contributed by atoms with van der Waals surface area (Å²) >= 11 is 0. The van der Waals surface area contributed by atoms with Gasteiger partial charge in [-0.3, -0.25) is 15.1 Å². The van der Waals surface area contributed by atoms with Crippen molar-refractivity contribution in [2.45, 2.75) is 46.3 Å². The van der Waals surface area contributed by atoms with E-state index in [0.29, 0.717) is 6.54 Å². The van der Waals surface area contributed by atoms with E-state index >= 15 is 0 Å². The van der Waals surface area contributed by atoms with Crippen molar-refractivity contribution in [2.24, 2.45) is 11.3 Å². The zero-order chi connectivity index (χ0) is 13.3. The van der Waals surface area contributed by atoms with E-state index in [0.717, 1.165) is 13.1 Å². The molecule has 0 bridgehead atoms. The van der Waals surface area contributed by atoms with Gasteiger partial charge in [0.15, 0.2) is 0 Å². The molecule has 1 amide bonds. The van der Waals surface area contributed by atoms with Crippen LogP contribution in [0.5, 0.6) is 0 Å².